The van der Waals surface area contributed by atoms with Gasteiger partial charge in [-0.2, -0.15) is 0 Å². The molecule has 0 unspecified atom stereocenters. The van der Waals surface area contributed by atoms with Gasteiger partial charge in [-0.25, -0.2) is 4.98 Å². The van der Waals surface area contributed by atoms with Crippen molar-refractivity contribution in [1.29, 1.82) is 0 Å². The molecule has 0 fully saturated rings. The Bertz CT molecular complexity index is 1100. The summed E-state index contributed by atoms with van der Waals surface area (Å²) >= 11 is 0. The van der Waals surface area contributed by atoms with E-state index in [0.29, 0.717) is 13.2 Å². The van der Waals surface area contributed by atoms with E-state index >= 15 is 0 Å². The van der Waals surface area contributed by atoms with Crippen molar-refractivity contribution < 1.29 is 9.47 Å². The summed E-state index contributed by atoms with van der Waals surface area (Å²) in [4.78, 5) is 4.81. The lowest BCUT2D eigenvalue weighted by atomic mass is 10.2. The van der Waals surface area contributed by atoms with Crippen LogP contribution in [0.1, 0.15) is 29.8 Å². The Morgan fingerprint density at radius 3 is 2.43 bits per heavy atom. The van der Waals surface area contributed by atoms with Crippen LogP contribution in [-0.2, 0) is 13.2 Å². The minimum atomic E-state index is 0.456. The molecule has 0 saturated heterocycles. The second-order valence-electron chi connectivity index (χ2n) is 7.64. The highest BCUT2D eigenvalue weighted by Crippen LogP contribution is 2.20. The third kappa shape index (κ3) is 5.01. The normalized spacial score (nSPS) is 11.0. The van der Waals surface area contributed by atoms with Crippen molar-refractivity contribution in [3.05, 3.63) is 89.7 Å². The molecule has 0 saturated carbocycles. The number of aryl methyl sites for hydroxylation is 3. The topological polar surface area (TPSA) is 36.3 Å². The van der Waals surface area contributed by atoms with Gasteiger partial charge in [-0.1, -0.05) is 42.0 Å². The van der Waals surface area contributed by atoms with Crippen LogP contribution in [-0.4, -0.2) is 16.2 Å². The number of nitrogens with zero attached hydrogens (tertiary/aromatic N) is 2. The van der Waals surface area contributed by atoms with Gasteiger partial charge in [0.2, 0.25) is 0 Å². The Balaban J connectivity index is 1.38. The average molecular weight is 401 g/mol. The van der Waals surface area contributed by atoms with Crippen molar-refractivity contribution in [1.82, 2.24) is 9.55 Å². The van der Waals surface area contributed by atoms with Crippen LogP contribution in [0, 0.1) is 13.8 Å². The monoisotopic (exact) mass is 400 g/mol. The van der Waals surface area contributed by atoms with Crippen LogP contribution in [0.2, 0.25) is 0 Å². The summed E-state index contributed by atoms with van der Waals surface area (Å²) in [6.45, 7) is 6.22. The molecule has 30 heavy (non-hydrogen) atoms. The van der Waals surface area contributed by atoms with Crippen LogP contribution in [0.15, 0.2) is 72.8 Å². The van der Waals surface area contributed by atoms with Crippen molar-refractivity contribution in [2.75, 3.05) is 6.61 Å². The number of benzene rings is 3. The number of unbranched alkanes of at least 4 members (excludes halogenated alkanes) is 1. The molecule has 0 amide bonds. The maximum Gasteiger partial charge on any atom is 0.147 e. The van der Waals surface area contributed by atoms with Crippen LogP contribution < -0.4 is 9.47 Å². The number of aromatic nitrogens is 2. The first-order chi connectivity index (χ1) is 14.7. The van der Waals surface area contributed by atoms with Gasteiger partial charge in [-0.05, 0) is 68.7 Å². The predicted octanol–water partition coefficient (Wildman–Crippen LogP) is 6.09. The van der Waals surface area contributed by atoms with Gasteiger partial charge in [-0.3, -0.25) is 0 Å². The summed E-state index contributed by atoms with van der Waals surface area (Å²) in [5.41, 5.74) is 4.61. The first kappa shape index (κ1) is 20.0. The summed E-state index contributed by atoms with van der Waals surface area (Å²) in [6, 6.07) is 24.6. The Morgan fingerprint density at radius 1 is 0.767 bits per heavy atom. The van der Waals surface area contributed by atoms with Gasteiger partial charge in [0.1, 0.15) is 23.9 Å². The summed E-state index contributed by atoms with van der Waals surface area (Å²) in [6.07, 6.45) is 2.00. The molecule has 4 nitrogen and oxygen atoms in total. The van der Waals surface area contributed by atoms with Crippen molar-refractivity contribution in [2.24, 2.45) is 0 Å². The Hall–Kier alpha value is -3.27. The molecule has 4 aromatic rings. The number of para-hydroxylation sites is 2. The Kier molecular flexibility index (Phi) is 6.33. The molecule has 0 radical (unpaired) electrons. The van der Waals surface area contributed by atoms with Crippen LogP contribution in [0.5, 0.6) is 11.5 Å². The molecular weight excluding hydrogens is 372 g/mol. The first-order valence-corrected chi connectivity index (χ1v) is 10.5. The molecule has 1 aromatic heterocycles. The Labute approximate surface area is 178 Å². The maximum atomic E-state index is 6.01. The van der Waals surface area contributed by atoms with Crippen LogP contribution in [0.3, 0.4) is 0 Å². The molecule has 0 N–H and O–H groups in total. The third-order valence-electron chi connectivity index (χ3n) is 5.16. The van der Waals surface area contributed by atoms with Crippen molar-refractivity contribution in [3.8, 4) is 11.5 Å². The van der Waals surface area contributed by atoms with Crippen LogP contribution >= 0.6 is 0 Å². The standard InChI is InChI=1S/C26H28N2O2/c1-20-12-14-22(15-13-20)30-19-26-27-24-10-3-4-11-25(24)28(26)16-5-6-17-29-23-9-7-8-21(2)18-23/h3-4,7-15,18H,5-6,16-17,19H2,1-2H3. The zero-order valence-electron chi connectivity index (χ0n) is 17.7. The quantitative estimate of drug-likeness (QED) is 0.319. The number of ether oxygens (including phenoxy) is 2. The van der Waals surface area contributed by atoms with Crippen molar-refractivity contribution >= 4 is 11.0 Å². The molecule has 0 bridgehead atoms. The molecule has 0 atom stereocenters. The zero-order valence-corrected chi connectivity index (χ0v) is 17.7. The number of rotatable bonds is 9. The van der Waals surface area contributed by atoms with Crippen LogP contribution in [0.25, 0.3) is 11.0 Å². The summed E-state index contributed by atoms with van der Waals surface area (Å²) in [5.74, 6) is 2.76. The summed E-state index contributed by atoms with van der Waals surface area (Å²) in [7, 11) is 0. The lowest BCUT2D eigenvalue weighted by Crippen LogP contribution is -2.09. The van der Waals surface area contributed by atoms with E-state index < -0.39 is 0 Å². The zero-order chi connectivity index (χ0) is 20.8. The molecular formula is C26H28N2O2. The minimum Gasteiger partial charge on any atom is -0.494 e. The molecule has 4 rings (SSSR count). The molecule has 154 valence electrons. The highest BCUT2D eigenvalue weighted by Gasteiger charge is 2.11. The molecule has 0 aliphatic rings. The predicted molar refractivity (Wildman–Crippen MR) is 121 cm³/mol. The largest absolute Gasteiger partial charge is 0.494 e. The summed E-state index contributed by atoms with van der Waals surface area (Å²) < 4.78 is 14.2. The lowest BCUT2D eigenvalue weighted by molar-refractivity contribution is 0.285. The van der Waals surface area contributed by atoms with E-state index in [-0.39, 0.29) is 0 Å². The average Bonchev–Trinajstić information content (AvgIpc) is 3.11. The first-order valence-electron chi connectivity index (χ1n) is 10.5. The van der Waals surface area contributed by atoms with Gasteiger partial charge in [-0.15, -0.1) is 0 Å². The maximum absolute atomic E-state index is 6.01. The van der Waals surface area contributed by atoms with E-state index in [0.717, 1.165) is 47.7 Å². The Morgan fingerprint density at radius 2 is 1.60 bits per heavy atom. The van der Waals surface area contributed by atoms with E-state index in [1.807, 2.05) is 30.3 Å². The fourth-order valence-corrected chi connectivity index (χ4v) is 3.53. The smallest absolute Gasteiger partial charge is 0.147 e. The van der Waals surface area contributed by atoms with E-state index in [2.05, 4.69) is 60.9 Å². The van der Waals surface area contributed by atoms with E-state index in [4.69, 9.17) is 14.5 Å². The third-order valence-corrected chi connectivity index (χ3v) is 5.16. The number of imidazole rings is 1. The number of hydrogen-bond donors (Lipinski definition) is 0. The van der Waals surface area contributed by atoms with Crippen molar-refractivity contribution in [3.63, 3.8) is 0 Å². The second kappa shape index (κ2) is 9.49. The van der Waals surface area contributed by atoms with Crippen LogP contribution in [0.4, 0.5) is 0 Å². The van der Waals surface area contributed by atoms with Gasteiger partial charge in [0.25, 0.3) is 0 Å². The summed E-state index contributed by atoms with van der Waals surface area (Å²) in [5, 5.41) is 0. The molecule has 3 aromatic carbocycles. The number of fused-ring (bicyclic) bond motifs is 1. The highest BCUT2D eigenvalue weighted by molar-refractivity contribution is 5.75. The molecule has 0 aliphatic carbocycles. The van der Waals surface area contributed by atoms with Gasteiger partial charge in [0, 0.05) is 6.54 Å². The van der Waals surface area contributed by atoms with Gasteiger partial charge in [0.15, 0.2) is 0 Å². The highest BCUT2D eigenvalue weighted by atomic mass is 16.5. The van der Waals surface area contributed by atoms with Gasteiger partial charge < -0.3 is 14.0 Å². The van der Waals surface area contributed by atoms with Gasteiger partial charge >= 0.3 is 0 Å². The number of hydrogen-bond acceptors (Lipinski definition) is 3. The fourth-order valence-electron chi connectivity index (χ4n) is 3.53. The lowest BCUT2D eigenvalue weighted by Gasteiger charge is -2.11. The molecule has 0 spiro atoms. The second-order valence-corrected chi connectivity index (χ2v) is 7.64. The van der Waals surface area contributed by atoms with Gasteiger partial charge in [0.05, 0.1) is 17.6 Å². The van der Waals surface area contributed by atoms with E-state index in [9.17, 15) is 0 Å². The van der Waals surface area contributed by atoms with E-state index in [1.165, 1.54) is 11.1 Å². The molecule has 1 heterocycles. The minimum absolute atomic E-state index is 0.456. The molecule has 4 heteroatoms. The fraction of sp³-hybridized carbons (Fsp3) is 0.269. The molecule has 0 aliphatic heterocycles. The van der Waals surface area contributed by atoms with E-state index in [1.54, 1.807) is 0 Å². The van der Waals surface area contributed by atoms with Crippen molar-refractivity contribution in [2.45, 2.75) is 39.8 Å². The SMILES string of the molecule is Cc1ccc(OCc2nc3ccccc3n2CCCCOc2cccc(C)c2)cc1.